The van der Waals surface area contributed by atoms with E-state index in [-0.39, 0.29) is 29.0 Å². The van der Waals surface area contributed by atoms with E-state index >= 15 is 0 Å². The van der Waals surface area contributed by atoms with Crippen LogP contribution in [-0.2, 0) is 6.42 Å². The normalized spacial score (nSPS) is 17.7. The largest absolute Gasteiger partial charge is 0.455 e. The van der Waals surface area contributed by atoms with Crippen LogP contribution in [-0.4, -0.2) is 23.5 Å². The summed E-state index contributed by atoms with van der Waals surface area (Å²) in [6.07, 6.45) is 1.41. The molecule has 8 nitrogen and oxygen atoms in total. The molecule has 0 radical (unpaired) electrons. The summed E-state index contributed by atoms with van der Waals surface area (Å²) >= 11 is 4.86. The minimum atomic E-state index is -0.338. The summed E-state index contributed by atoms with van der Waals surface area (Å²) < 4.78 is 16.7. The van der Waals surface area contributed by atoms with Crippen LogP contribution in [0.15, 0.2) is 27.7 Å². The number of hydrogen-bond acceptors (Lipinski definition) is 6. The van der Waals surface area contributed by atoms with Crippen molar-refractivity contribution in [2.75, 3.05) is 12.1 Å². The summed E-state index contributed by atoms with van der Waals surface area (Å²) in [6, 6.07) is 5.23. The topological polar surface area (TPSA) is 111 Å². The van der Waals surface area contributed by atoms with E-state index in [9.17, 15) is 4.79 Å². The van der Waals surface area contributed by atoms with E-state index in [4.69, 9.17) is 31.8 Å². The van der Waals surface area contributed by atoms with E-state index in [1.54, 1.807) is 18.2 Å². The number of nitrogens with one attached hydrogen (secondary N) is 2. The first-order valence-electron chi connectivity index (χ1n) is 9.19. The molecular formula is C20H22N4O4S. The summed E-state index contributed by atoms with van der Waals surface area (Å²) in [5.74, 6) is 1.90. The Kier molecular flexibility index (Phi) is 4.70. The number of ether oxygens (including phenoxy) is 2. The molecule has 4 rings (SSSR count). The van der Waals surface area contributed by atoms with Crippen molar-refractivity contribution in [3.05, 3.63) is 40.8 Å². The minimum absolute atomic E-state index is 0.0703. The van der Waals surface area contributed by atoms with Gasteiger partial charge in [0.1, 0.15) is 5.76 Å². The maximum absolute atomic E-state index is 12.9. The fraction of sp³-hybridized carbons (Fsp3) is 0.350. The van der Waals surface area contributed by atoms with Gasteiger partial charge in [0, 0.05) is 29.3 Å². The predicted octanol–water partition coefficient (Wildman–Crippen LogP) is 3.08. The first-order chi connectivity index (χ1) is 13.7. The van der Waals surface area contributed by atoms with Crippen LogP contribution >= 0.6 is 12.2 Å². The number of anilines is 1. The first-order valence-corrected chi connectivity index (χ1v) is 9.60. The van der Waals surface area contributed by atoms with Gasteiger partial charge in [0.2, 0.25) is 6.79 Å². The molecule has 1 aromatic carbocycles. The van der Waals surface area contributed by atoms with Gasteiger partial charge >= 0.3 is 0 Å². The third-order valence-corrected chi connectivity index (χ3v) is 5.02. The highest BCUT2D eigenvalue weighted by molar-refractivity contribution is 7.80. The molecule has 1 aliphatic heterocycles. The molecule has 29 heavy (non-hydrogen) atoms. The number of fused-ring (bicyclic) bond motifs is 2. The van der Waals surface area contributed by atoms with Crippen molar-refractivity contribution < 1.29 is 18.7 Å². The van der Waals surface area contributed by atoms with Crippen LogP contribution in [0.5, 0.6) is 11.5 Å². The van der Waals surface area contributed by atoms with E-state index in [1.807, 2.05) is 6.92 Å². The Labute approximate surface area is 173 Å². The van der Waals surface area contributed by atoms with Crippen LogP contribution in [0.1, 0.15) is 47.7 Å². The van der Waals surface area contributed by atoms with Crippen molar-refractivity contribution in [1.82, 2.24) is 5.43 Å². The predicted molar refractivity (Wildman–Crippen MR) is 113 cm³/mol. The van der Waals surface area contributed by atoms with Crippen LogP contribution in [0.2, 0.25) is 0 Å². The first kappa shape index (κ1) is 19.3. The Balaban J connectivity index is 1.65. The van der Waals surface area contributed by atoms with Crippen molar-refractivity contribution in [1.29, 1.82) is 0 Å². The molecule has 2 heterocycles. The lowest BCUT2D eigenvalue weighted by molar-refractivity contribution is 0.0993. The molecule has 4 N–H and O–H groups in total. The fourth-order valence-corrected chi connectivity index (χ4v) is 3.76. The van der Waals surface area contributed by atoms with E-state index in [0.29, 0.717) is 30.0 Å². The van der Waals surface area contributed by atoms with Crippen molar-refractivity contribution in [3.8, 4) is 11.5 Å². The zero-order chi connectivity index (χ0) is 20.8. The Hall–Kier alpha value is -3.07. The summed E-state index contributed by atoms with van der Waals surface area (Å²) in [4.78, 5) is 12.9. The van der Waals surface area contributed by atoms with Gasteiger partial charge in [-0.3, -0.25) is 10.2 Å². The van der Waals surface area contributed by atoms with Crippen molar-refractivity contribution in [2.24, 2.45) is 16.3 Å². The van der Waals surface area contributed by atoms with Gasteiger partial charge in [-0.25, -0.2) is 0 Å². The number of hydrogen-bond donors (Lipinski definition) is 3. The van der Waals surface area contributed by atoms with E-state index in [2.05, 4.69) is 29.7 Å². The summed E-state index contributed by atoms with van der Waals surface area (Å²) in [6.45, 7) is 6.27. The Bertz CT molecular complexity index is 1040. The number of carbonyl (C=O) groups is 1. The van der Waals surface area contributed by atoms with Crippen molar-refractivity contribution in [2.45, 2.75) is 33.6 Å². The highest BCUT2D eigenvalue weighted by Crippen LogP contribution is 2.39. The third-order valence-electron chi connectivity index (χ3n) is 4.93. The second-order valence-corrected chi connectivity index (χ2v) is 8.37. The molecule has 0 saturated carbocycles. The Morgan fingerprint density at radius 2 is 2.00 bits per heavy atom. The van der Waals surface area contributed by atoms with Crippen LogP contribution in [0, 0.1) is 12.3 Å². The van der Waals surface area contributed by atoms with Gasteiger partial charge in [0.15, 0.2) is 22.4 Å². The molecule has 0 bridgehead atoms. The summed E-state index contributed by atoms with van der Waals surface area (Å²) in [5.41, 5.74) is 11.0. The number of hydrazone groups is 1. The molecule has 1 aliphatic carbocycles. The molecule has 0 saturated heterocycles. The van der Waals surface area contributed by atoms with Gasteiger partial charge in [-0.1, -0.05) is 13.8 Å². The molecule has 2 aliphatic rings. The molecule has 0 atom stereocenters. The van der Waals surface area contributed by atoms with Gasteiger partial charge in [-0.2, -0.15) is 5.10 Å². The SMILES string of the molecule is Cc1c(C(=O)Nc2ccc3c(c2)OCO3)oc2c1/C(=N\NC(N)=S)CC(C)(C)C2. The standard InChI is InChI=1S/C20H22N4O4S/c1-10-16-12(23-24-19(21)29)7-20(2,3)8-15(16)28-17(10)18(25)22-11-4-5-13-14(6-11)27-9-26-13/h4-6H,7-9H2,1-3H3,(H,22,25)(H3,21,24,29)/b23-12-. The third kappa shape index (κ3) is 3.77. The van der Waals surface area contributed by atoms with Crippen molar-refractivity contribution >= 4 is 34.6 Å². The Morgan fingerprint density at radius 1 is 1.24 bits per heavy atom. The maximum Gasteiger partial charge on any atom is 0.291 e. The monoisotopic (exact) mass is 414 g/mol. The van der Waals surface area contributed by atoms with Gasteiger partial charge < -0.3 is 24.9 Å². The summed E-state index contributed by atoms with van der Waals surface area (Å²) in [5, 5.41) is 7.30. The van der Waals surface area contributed by atoms with E-state index in [0.717, 1.165) is 22.6 Å². The molecule has 1 aromatic heterocycles. The van der Waals surface area contributed by atoms with E-state index < -0.39 is 0 Å². The maximum atomic E-state index is 12.9. The van der Waals surface area contributed by atoms with Crippen LogP contribution in [0.25, 0.3) is 0 Å². The second kappa shape index (κ2) is 7.07. The zero-order valence-electron chi connectivity index (χ0n) is 16.4. The smallest absolute Gasteiger partial charge is 0.291 e. The van der Waals surface area contributed by atoms with Crippen LogP contribution in [0.3, 0.4) is 0 Å². The molecule has 1 amide bonds. The molecule has 152 valence electrons. The van der Waals surface area contributed by atoms with Crippen LogP contribution in [0.4, 0.5) is 5.69 Å². The highest BCUT2D eigenvalue weighted by Gasteiger charge is 2.36. The van der Waals surface area contributed by atoms with Gasteiger partial charge in [0.25, 0.3) is 5.91 Å². The van der Waals surface area contributed by atoms with Gasteiger partial charge in [-0.15, -0.1) is 0 Å². The molecular weight excluding hydrogens is 392 g/mol. The lowest BCUT2D eigenvalue weighted by Crippen LogP contribution is -2.31. The van der Waals surface area contributed by atoms with Gasteiger partial charge in [-0.05, 0) is 43.1 Å². The average molecular weight is 414 g/mol. The van der Waals surface area contributed by atoms with Crippen LogP contribution < -0.4 is 25.9 Å². The zero-order valence-corrected chi connectivity index (χ0v) is 17.2. The molecule has 9 heteroatoms. The van der Waals surface area contributed by atoms with E-state index in [1.165, 1.54) is 0 Å². The average Bonchev–Trinajstić information content (AvgIpc) is 3.22. The lowest BCUT2D eigenvalue weighted by Gasteiger charge is -2.29. The molecule has 0 unspecified atom stereocenters. The number of furan rings is 1. The molecule has 0 spiro atoms. The second-order valence-electron chi connectivity index (χ2n) is 7.93. The number of carbonyl (C=O) groups excluding carboxylic acids is 1. The minimum Gasteiger partial charge on any atom is -0.455 e. The molecule has 2 aromatic rings. The summed E-state index contributed by atoms with van der Waals surface area (Å²) in [7, 11) is 0. The number of rotatable bonds is 3. The van der Waals surface area contributed by atoms with Crippen molar-refractivity contribution in [3.63, 3.8) is 0 Å². The lowest BCUT2D eigenvalue weighted by atomic mass is 9.75. The number of nitrogens with zero attached hydrogens (tertiary/aromatic N) is 1. The number of nitrogens with two attached hydrogens (primary N) is 1. The fourth-order valence-electron chi connectivity index (χ4n) is 3.71. The number of amides is 1. The highest BCUT2D eigenvalue weighted by atomic mass is 32.1. The Morgan fingerprint density at radius 3 is 2.76 bits per heavy atom. The number of benzene rings is 1. The van der Waals surface area contributed by atoms with Gasteiger partial charge in [0.05, 0.1) is 5.71 Å². The molecule has 0 fully saturated rings. The quantitative estimate of drug-likeness (QED) is 0.523. The number of thiocarbonyl (C=S) groups is 1.